The minimum absolute atomic E-state index is 0. The van der Waals surface area contributed by atoms with Crippen molar-refractivity contribution in [2.24, 2.45) is 0 Å². The molecule has 4 aliphatic rings. The van der Waals surface area contributed by atoms with Gasteiger partial charge in [0.25, 0.3) is 0 Å². The van der Waals surface area contributed by atoms with Gasteiger partial charge in [-0.25, -0.2) is 19.2 Å². The van der Waals surface area contributed by atoms with Crippen molar-refractivity contribution < 1.29 is 140 Å². The predicted molar refractivity (Wildman–Crippen MR) is 136 cm³/mol. The van der Waals surface area contributed by atoms with Gasteiger partial charge in [0, 0.05) is 0 Å². The Kier molecular flexibility index (Phi) is 19.1. The van der Waals surface area contributed by atoms with Gasteiger partial charge < -0.3 is 80.2 Å². The molecule has 12 N–H and O–H groups in total. The molecule has 0 bridgehead atoms. The van der Waals surface area contributed by atoms with Crippen molar-refractivity contribution in [3.8, 4) is 0 Å². The normalized spacial score (nSPS) is 31.3. The second kappa shape index (κ2) is 20.5. The zero-order chi connectivity index (χ0) is 37.2. The molecule has 24 nitrogen and oxygen atoms in total. The van der Waals surface area contributed by atoms with E-state index < -0.39 is 147 Å². The fourth-order valence-corrected chi connectivity index (χ4v) is 3.53. The number of aliphatic hydroxyl groups excluding tert-OH is 12. The topological polar surface area (TPSA) is 416 Å². The minimum atomic E-state index is -1.82. The number of esters is 4. The Morgan fingerprint density at radius 3 is 0.612 bits per heavy atom. The molecule has 12 atom stereocenters. The van der Waals surface area contributed by atoms with Crippen LogP contribution in [0.25, 0.3) is 0 Å². The number of carbonyl (C=O) groups excluding carboxylic acids is 8. The van der Waals surface area contributed by atoms with E-state index in [9.17, 15) is 38.4 Å². The number of rotatable bonds is 8. The van der Waals surface area contributed by atoms with Gasteiger partial charge in [0.2, 0.25) is 47.5 Å². The molecule has 0 spiro atoms. The fourth-order valence-electron chi connectivity index (χ4n) is 3.53. The van der Waals surface area contributed by atoms with Gasteiger partial charge in [0.1, 0.15) is 24.4 Å². The molecule has 0 saturated carbocycles. The Labute approximate surface area is 286 Å². The van der Waals surface area contributed by atoms with Crippen molar-refractivity contribution in [1.82, 2.24) is 0 Å². The summed E-state index contributed by atoms with van der Waals surface area (Å²) in [6.07, 6.45) is -18.9. The number of ketones is 4. The van der Waals surface area contributed by atoms with Gasteiger partial charge in [0.05, 0.1) is 26.4 Å². The number of cyclic esters (lactones) is 4. The fraction of sp³-hybridized carbons (Fsp3) is 0.667. The number of carbonyl (C=O) groups is 8. The van der Waals surface area contributed by atoms with Gasteiger partial charge in [-0.3, -0.25) is 19.2 Å². The number of aliphatic hydroxyl groups is 12. The number of Topliss-reactive ketones (excluding diaryl/α,β-unsaturated/α-hetero) is 4. The summed E-state index contributed by atoms with van der Waals surface area (Å²) in [6, 6.07) is 0. The van der Waals surface area contributed by atoms with E-state index in [1.165, 1.54) is 0 Å². The van der Waals surface area contributed by atoms with Gasteiger partial charge in [-0.2, -0.15) is 0 Å². The van der Waals surface area contributed by atoms with Crippen molar-refractivity contribution in [3.05, 3.63) is 0 Å². The zero-order valence-corrected chi connectivity index (χ0v) is 26.1. The van der Waals surface area contributed by atoms with Crippen LogP contribution in [0.5, 0.6) is 0 Å². The summed E-state index contributed by atoms with van der Waals surface area (Å²) in [4.78, 5) is 85.5. The minimum Gasteiger partial charge on any atom is -0.449 e. The molecule has 272 valence electrons. The summed E-state index contributed by atoms with van der Waals surface area (Å²) in [5.74, 6) is -8.00. The molecule has 4 aliphatic heterocycles. The van der Waals surface area contributed by atoms with E-state index in [1.54, 1.807) is 0 Å². The first-order valence-corrected chi connectivity index (χ1v) is 13.2. The van der Waals surface area contributed by atoms with E-state index in [0.717, 1.165) is 0 Å². The molecule has 0 radical (unpaired) electrons. The summed E-state index contributed by atoms with van der Waals surface area (Å²) >= 11 is 0. The van der Waals surface area contributed by atoms with Crippen LogP contribution in [0.4, 0.5) is 0 Å². The largest absolute Gasteiger partial charge is 4.00 e. The Bertz CT molecular complexity index is 1040. The van der Waals surface area contributed by atoms with Crippen LogP contribution in [-0.2, 0) is 79.0 Å². The van der Waals surface area contributed by atoms with Gasteiger partial charge in [-0.1, -0.05) is 0 Å². The maximum Gasteiger partial charge on any atom is 4.00 e. The maximum absolute atomic E-state index is 10.8. The molecule has 25 heteroatoms. The van der Waals surface area contributed by atoms with Crippen molar-refractivity contribution in [3.63, 3.8) is 0 Å². The van der Waals surface area contributed by atoms with Crippen LogP contribution in [0, 0.1) is 0 Å². The van der Waals surface area contributed by atoms with Gasteiger partial charge >= 0.3 is 45.6 Å². The predicted octanol–water partition coefficient (Wildman–Crippen LogP) is -11.2. The number of ether oxygens (including phenoxy) is 4. The molecular weight excluding hydrogens is 720 g/mol. The van der Waals surface area contributed by atoms with Crippen LogP contribution in [0.15, 0.2) is 0 Å². The molecular formula is C24H32O24Ti+4. The van der Waals surface area contributed by atoms with Crippen LogP contribution in [0.1, 0.15) is 0 Å². The quantitative estimate of drug-likeness (QED) is 0.0474. The van der Waals surface area contributed by atoms with Crippen molar-refractivity contribution in [2.75, 3.05) is 26.4 Å². The first-order chi connectivity index (χ1) is 22.3. The van der Waals surface area contributed by atoms with E-state index in [-0.39, 0.29) is 21.7 Å². The molecule has 4 heterocycles. The van der Waals surface area contributed by atoms with E-state index >= 15 is 0 Å². The second-order valence-electron chi connectivity index (χ2n) is 9.65. The van der Waals surface area contributed by atoms with Gasteiger partial charge in [0.15, 0.2) is 24.4 Å². The van der Waals surface area contributed by atoms with Crippen LogP contribution in [0.2, 0.25) is 0 Å². The van der Waals surface area contributed by atoms with E-state index in [1.807, 2.05) is 0 Å². The van der Waals surface area contributed by atoms with Gasteiger partial charge in [-0.15, -0.1) is 0 Å². The molecule has 4 rings (SSSR count). The summed E-state index contributed by atoms with van der Waals surface area (Å²) in [5, 5.41) is 104. The standard InChI is InChI=1S/4C6H8O6.Ti/c4*7-1-2(8)5-3(9)4(10)6(11)12-5;/h4*2,4-5,7-8,10H,1H2;/q;;;;+4/t4*2-,4?,5+;/m0000./s1. The maximum atomic E-state index is 10.8. The SMILES string of the molecule is O=C1O[C@H]([C@@H](O)CO)C(=O)C1O.O=C1O[C@H]([C@@H](O)CO)C(=O)C1O.O=C1O[C@H]([C@@H](O)CO)C(=O)C1O.O=C1O[C@H]([C@@H](O)CO)C(=O)C1O.[Ti+4]. The summed E-state index contributed by atoms with van der Waals surface area (Å²) < 4.78 is 17.2. The third kappa shape index (κ3) is 11.4. The molecule has 4 saturated heterocycles. The number of hydrogen-bond donors (Lipinski definition) is 12. The Morgan fingerprint density at radius 2 is 0.531 bits per heavy atom. The molecule has 0 aromatic rings. The monoisotopic (exact) mass is 752 g/mol. The first-order valence-electron chi connectivity index (χ1n) is 13.2. The van der Waals surface area contributed by atoms with E-state index in [4.69, 9.17) is 61.3 Å². The average Bonchev–Trinajstić information content (AvgIpc) is 3.70. The van der Waals surface area contributed by atoms with Crippen LogP contribution < -0.4 is 0 Å². The van der Waals surface area contributed by atoms with Crippen molar-refractivity contribution in [1.29, 1.82) is 0 Å². The molecule has 49 heavy (non-hydrogen) atoms. The Morgan fingerprint density at radius 1 is 0.388 bits per heavy atom. The van der Waals surface area contributed by atoms with Crippen LogP contribution in [-0.4, -0.2) is 208 Å². The van der Waals surface area contributed by atoms with Gasteiger partial charge in [-0.05, 0) is 0 Å². The van der Waals surface area contributed by atoms with E-state index in [2.05, 4.69) is 18.9 Å². The third-order valence-electron chi connectivity index (χ3n) is 6.21. The molecule has 4 fully saturated rings. The number of hydrogen-bond acceptors (Lipinski definition) is 24. The summed E-state index contributed by atoms with van der Waals surface area (Å²) in [7, 11) is 0. The summed E-state index contributed by atoms with van der Waals surface area (Å²) in [6.45, 7) is -2.79. The van der Waals surface area contributed by atoms with Crippen molar-refractivity contribution in [2.45, 2.75) is 73.2 Å². The first kappa shape index (κ1) is 45.8. The molecule has 0 aromatic carbocycles. The van der Waals surface area contributed by atoms with Crippen LogP contribution in [0.3, 0.4) is 0 Å². The Balaban J connectivity index is 0.000000623. The average molecular weight is 752 g/mol. The molecule has 0 amide bonds. The van der Waals surface area contributed by atoms with Crippen LogP contribution >= 0.6 is 0 Å². The second-order valence-corrected chi connectivity index (χ2v) is 9.65. The van der Waals surface area contributed by atoms with E-state index in [0.29, 0.717) is 0 Å². The third-order valence-corrected chi connectivity index (χ3v) is 6.21. The Hall–Kier alpha value is -3.21. The molecule has 4 unspecified atom stereocenters. The smallest absolute Gasteiger partial charge is 0.449 e. The van der Waals surface area contributed by atoms with Crippen molar-refractivity contribution >= 4 is 47.0 Å². The summed E-state index contributed by atoms with van der Waals surface area (Å²) in [5.41, 5.74) is 0. The molecule has 0 aromatic heterocycles. The zero-order valence-electron chi connectivity index (χ0n) is 24.5. The molecule has 0 aliphatic carbocycles.